The van der Waals surface area contributed by atoms with Gasteiger partial charge in [-0.25, -0.2) is 8.42 Å². The average Bonchev–Trinajstić information content (AvgIpc) is 2.70. The summed E-state index contributed by atoms with van der Waals surface area (Å²) in [6.45, 7) is 10.1. The van der Waals surface area contributed by atoms with Gasteiger partial charge in [-0.05, 0) is 70.5 Å². The number of amides is 2. The van der Waals surface area contributed by atoms with Crippen LogP contribution in [0, 0.1) is 11.3 Å². The highest BCUT2D eigenvalue weighted by atomic mass is 32.2. The number of carbonyl (C=O) groups is 2. The molecule has 8 heteroatoms. The third-order valence-electron chi connectivity index (χ3n) is 5.69. The van der Waals surface area contributed by atoms with Gasteiger partial charge in [-0.2, -0.15) is 0 Å². The predicted octanol–water partition coefficient (Wildman–Crippen LogP) is 2.42. The lowest BCUT2D eigenvalue weighted by atomic mass is 9.91. The largest absolute Gasteiger partial charge is 0.355 e. The third kappa shape index (κ3) is 6.77. The molecule has 7 nitrogen and oxygen atoms in total. The van der Waals surface area contributed by atoms with Crippen molar-refractivity contribution in [1.82, 2.24) is 15.1 Å². The highest BCUT2D eigenvalue weighted by Gasteiger charge is 2.29. The number of hydrogen-bond acceptors (Lipinski definition) is 5. The molecule has 0 saturated carbocycles. The number of carbonyl (C=O) groups excluding carboxylic acids is 2. The van der Waals surface area contributed by atoms with Gasteiger partial charge in [-0.3, -0.25) is 9.59 Å². The Labute approximate surface area is 187 Å². The molecule has 0 unspecified atom stereocenters. The van der Waals surface area contributed by atoms with E-state index < -0.39 is 15.1 Å². The Hall–Kier alpha value is -1.93. The van der Waals surface area contributed by atoms with Crippen molar-refractivity contribution >= 4 is 21.7 Å². The maximum absolute atomic E-state index is 12.8. The summed E-state index contributed by atoms with van der Waals surface area (Å²) in [5.74, 6) is -0.153. The van der Waals surface area contributed by atoms with Crippen molar-refractivity contribution in [3.8, 4) is 0 Å². The number of nitrogens with zero attached hydrogens (tertiary/aromatic N) is 2. The van der Waals surface area contributed by atoms with Crippen molar-refractivity contribution in [3.63, 3.8) is 0 Å². The molecule has 1 aromatic rings. The van der Waals surface area contributed by atoms with Crippen LogP contribution in [-0.2, 0) is 14.6 Å². The van der Waals surface area contributed by atoms with Crippen molar-refractivity contribution in [2.24, 2.45) is 11.3 Å². The standard InChI is InChI=1S/C23H37N3O4S/c1-17(2)31(29,30)20-9-7-19(8-10-20)22(28)26-13-11-18(12-14-26)21(27)24-15-23(3,4)16-25(5)6/h7-10,17-18H,11-16H2,1-6H3,(H,24,27). The van der Waals surface area contributed by atoms with Crippen LogP contribution in [0.4, 0.5) is 0 Å². The first-order valence-electron chi connectivity index (χ1n) is 10.9. The van der Waals surface area contributed by atoms with Crippen LogP contribution in [0.1, 0.15) is 50.9 Å². The summed E-state index contributed by atoms with van der Waals surface area (Å²) >= 11 is 0. The fraction of sp³-hybridized carbons (Fsp3) is 0.652. The topological polar surface area (TPSA) is 86.8 Å². The Kier molecular flexibility index (Phi) is 8.27. The van der Waals surface area contributed by atoms with Gasteiger partial charge >= 0.3 is 0 Å². The van der Waals surface area contributed by atoms with Gasteiger partial charge in [0.1, 0.15) is 0 Å². The quantitative estimate of drug-likeness (QED) is 0.656. The molecular formula is C23H37N3O4S. The first-order valence-corrected chi connectivity index (χ1v) is 12.4. The molecule has 2 rings (SSSR count). The van der Waals surface area contributed by atoms with Crippen LogP contribution in [0.25, 0.3) is 0 Å². The van der Waals surface area contributed by atoms with Crippen molar-refractivity contribution in [1.29, 1.82) is 0 Å². The summed E-state index contributed by atoms with van der Waals surface area (Å²) in [5, 5.41) is 2.57. The normalized spacial score (nSPS) is 16.1. The predicted molar refractivity (Wildman–Crippen MR) is 123 cm³/mol. The highest BCUT2D eigenvalue weighted by molar-refractivity contribution is 7.92. The molecule has 1 aliphatic heterocycles. The number of sulfone groups is 1. The lowest BCUT2D eigenvalue weighted by molar-refractivity contribution is -0.126. The highest BCUT2D eigenvalue weighted by Crippen LogP contribution is 2.22. The zero-order valence-electron chi connectivity index (χ0n) is 19.6. The zero-order chi connectivity index (χ0) is 23.4. The molecule has 1 N–H and O–H groups in total. The van der Waals surface area contributed by atoms with Crippen LogP contribution < -0.4 is 5.32 Å². The number of likely N-dealkylation sites (tertiary alicyclic amines) is 1. The number of hydrogen-bond donors (Lipinski definition) is 1. The lowest BCUT2D eigenvalue weighted by Gasteiger charge is -2.33. The summed E-state index contributed by atoms with van der Waals surface area (Å²) in [7, 11) is 0.686. The second-order valence-corrected chi connectivity index (χ2v) is 12.3. The first kappa shape index (κ1) is 25.3. The number of nitrogens with one attached hydrogen (secondary N) is 1. The molecule has 1 fully saturated rings. The van der Waals surface area contributed by atoms with E-state index in [1.165, 1.54) is 12.1 Å². The lowest BCUT2D eigenvalue weighted by Crippen LogP contribution is -2.46. The van der Waals surface area contributed by atoms with E-state index in [2.05, 4.69) is 24.1 Å². The molecule has 31 heavy (non-hydrogen) atoms. The van der Waals surface area contributed by atoms with E-state index in [1.54, 1.807) is 30.9 Å². The summed E-state index contributed by atoms with van der Waals surface area (Å²) in [4.78, 5) is 29.5. The van der Waals surface area contributed by atoms with Gasteiger partial charge in [0, 0.05) is 37.7 Å². The minimum absolute atomic E-state index is 0.00889. The van der Waals surface area contributed by atoms with Crippen LogP contribution in [0.5, 0.6) is 0 Å². The van der Waals surface area contributed by atoms with Crippen molar-refractivity contribution in [2.45, 2.75) is 50.7 Å². The number of benzene rings is 1. The van der Waals surface area contributed by atoms with E-state index in [0.29, 0.717) is 38.0 Å². The van der Waals surface area contributed by atoms with Gasteiger partial charge in [0.05, 0.1) is 10.1 Å². The zero-order valence-corrected chi connectivity index (χ0v) is 20.5. The molecule has 0 bridgehead atoms. The summed E-state index contributed by atoms with van der Waals surface area (Å²) < 4.78 is 24.5. The summed E-state index contributed by atoms with van der Waals surface area (Å²) in [5.41, 5.74) is 0.460. The third-order valence-corrected chi connectivity index (χ3v) is 7.86. The van der Waals surface area contributed by atoms with E-state index in [-0.39, 0.29) is 28.0 Å². The molecule has 1 aliphatic rings. The fourth-order valence-electron chi connectivity index (χ4n) is 3.97. The maximum atomic E-state index is 12.8. The molecule has 0 aromatic heterocycles. The van der Waals surface area contributed by atoms with Crippen LogP contribution in [0.15, 0.2) is 29.2 Å². The first-order chi connectivity index (χ1) is 14.3. The average molecular weight is 452 g/mol. The molecule has 2 amide bonds. The van der Waals surface area contributed by atoms with E-state index in [0.717, 1.165) is 6.54 Å². The van der Waals surface area contributed by atoms with Crippen molar-refractivity contribution < 1.29 is 18.0 Å². The maximum Gasteiger partial charge on any atom is 0.253 e. The Bertz CT molecular complexity index is 869. The van der Waals surface area contributed by atoms with Gasteiger partial charge in [0.25, 0.3) is 5.91 Å². The Morgan fingerprint density at radius 1 is 1.13 bits per heavy atom. The Balaban J connectivity index is 1.89. The number of rotatable bonds is 8. The van der Waals surface area contributed by atoms with Crippen molar-refractivity contribution in [2.75, 3.05) is 40.3 Å². The van der Waals surface area contributed by atoms with Gasteiger partial charge in [0.2, 0.25) is 5.91 Å². The second kappa shape index (κ2) is 10.1. The molecular weight excluding hydrogens is 414 g/mol. The van der Waals surface area contributed by atoms with Crippen molar-refractivity contribution in [3.05, 3.63) is 29.8 Å². The fourth-order valence-corrected chi connectivity index (χ4v) is 5.03. The van der Waals surface area contributed by atoms with Crippen LogP contribution >= 0.6 is 0 Å². The molecule has 1 aromatic carbocycles. The molecule has 0 atom stereocenters. The smallest absolute Gasteiger partial charge is 0.253 e. The summed E-state index contributed by atoms with van der Waals surface area (Å²) in [6, 6.07) is 6.14. The van der Waals surface area contributed by atoms with Gasteiger partial charge in [-0.1, -0.05) is 13.8 Å². The van der Waals surface area contributed by atoms with E-state index in [1.807, 2.05) is 14.1 Å². The Morgan fingerprint density at radius 3 is 2.16 bits per heavy atom. The molecule has 1 heterocycles. The minimum Gasteiger partial charge on any atom is -0.355 e. The molecule has 0 aliphatic carbocycles. The van der Waals surface area contributed by atoms with E-state index >= 15 is 0 Å². The molecule has 0 radical (unpaired) electrons. The summed E-state index contributed by atoms with van der Waals surface area (Å²) in [6.07, 6.45) is 1.26. The van der Waals surface area contributed by atoms with E-state index in [9.17, 15) is 18.0 Å². The molecule has 0 spiro atoms. The number of piperidine rings is 1. The minimum atomic E-state index is -3.36. The van der Waals surface area contributed by atoms with Crippen LogP contribution in [0.3, 0.4) is 0 Å². The molecule has 1 saturated heterocycles. The molecule has 174 valence electrons. The SMILES string of the molecule is CC(C)S(=O)(=O)c1ccc(C(=O)N2CCC(C(=O)NCC(C)(C)CN(C)C)CC2)cc1. The Morgan fingerprint density at radius 2 is 1.68 bits per heavy atom. The monoisotopic (exact) mass is 451 g/mol. The van der Waals surface area contributed by atoms with E-state index in [4.69, 9.17) is 0 Å². The van der Waals surface area contributed by atoms with Gasteiger partial charge in [0.15, 0.2) is 9.84 Å². The van der Waals surface area contributed by atoms with Crippen LogP contribution in [0.2, 0.25) is 0 Å². The van der Waals surface area contributed by atoms with Gasteiger partial charge < -0.3 is 15.1 Å². The van der Waals surface area contributed by atoms with Crippen LogP contribution in [-0.4, -0.2) is 75.6 Å². The second-order valence-electron chi connectivity index (χ2n) is 9.80. The van der Waals surface area contributed by atoms with Gasteiger partial charge in [-0.15, -0.1) is 0 Å².